The number of halogens is 1. The molecule has 0 unspecified atom stereocenters. The number of aromatic nitrogens is 1. The Morgan fingerprint density at radius 1 is 0.684 bits per heavy atom. The topological polar surface area (TPSA) is 12.9 Å². The van der Waals surface area contributed by atoms with Crippen molar-refractivity contribution in [1.82, 2.24) is 4.98 Å². The minimum absolute atomic E-state index is 0.672. The average Bonchev–Trinajstić information content (AvgIpc) is 2.49. The molecule has 2 heteroatoms. The van der Waals surface area contributed by atoms with Crippen LogP contribution in [0, 0.1) is 0 Å². The van der Waals surface area contributed by atoms with Crippen molar-refractivity contribution in [3.05, 3.63) is 77.9 Å². The average molecular weight is 266 g/mol. The minimum Gasteiger partial charge on any atom is -0.255 e. The van der Waals surface area contributed by atoms with Gasteiger partial charge in [0.25, 0.3) is 0 Å². The molecule has 92 valence electrons. The summed E-state index contributed by atoms with van der Waals surface area (Å²) in [4.78, 5) is 4.40. The molecule has 19 heavy (non-hydrogen) atoms. The van der Waals surface area contributed by atoms with E-state index in [2.05, 4.69) is 29.2 Å². The van der Waals surface area contributed by atoms with Crippen LogP contribution in [0.4, 0.5) is 0 Å². The van der Waals surface area contributed by atoms with Crippen molar-refractivity contribution >= 4 is 11.6 Å². The maximum Gasteiger partial charge on any atom is 0.0894 e. The van der Waals surface area contributed by atoms with E-state index in [0.717, 1.165) is 16.8 Å². The summed E-state index contributed by atoms with van der Waals surface area (Å²) in [5.74, 6) is 0. The molecule has 2 aromatic carbocycles. The molecule has 0 saturated carbocycles. The van der Waals surface area contributed by atoms with Crippen molar-refractivity contribution in [3.63, 3.8) is 0 Å². The zero-order valence-electron chi connectivity index (χ0n) is 10.3. The van der Waals surface area contributed by atoms with Crippen LogP contribution in [0.3, 0.4) is 0 Å². The highest BCUT2D eigenvalue weighted by atomic mass is 35.5. The van der Waals surface area contributed by atoms with Crippen molar-refractivity contribution in [1.29, 1.82) is 0 Å². The fourth-order valence-electron chi connectivity index (χ4n) is 2.14. The normalized spacial score (nSPS) is 10.4. The first-order chi connectivity index (χ1) is 9.36. The van der Waals surface area contributed by atoms with Crippen LogP contribution in [-0.2, 0) is 0 Å². The van der Waals surface area contributed by atoms with E-state index in [9.17, 15) is 0 Å². The summed E-state index contributed by atoms with van der Waals surface area (Å²) >= 11 is 6.26. The van der Waals surface area contributed by atoms with Gasteiger partial charge < -0.3 is 0 Å². The highest BCUT2D eigenvalue weighted by Crippen LogP contribution is 2.33. The summed E-state index contributed by atoms with van der Waals surface area (Å²) in [6.07, 6.45) is 1.77. The SMILES string of the molecule is Clc1cccnc1-c1ccccc1-c1ccccc1. The van der Waals surface area contributed by atoms with Crippen LogP contribution < -0.4 is 0 Å². The van der Waals surface area contributed by atoms with Gasteiger partial charge in [0.05, 0.1) is 10.7 Å². The summed E-state index contributed by atoms with van der Waals surface area (Å²) < 4.78 is 0. The Balaban J connectivity index is 2.21. The third kappa shape index (κ3) is 2.38. The molecule has 0 fully saturated rings. The monoisotopic (exact) mass is 265 g/mol. The highest BCUT2D eigenvalue weighted by molar-refractivity contribution is 6.33. The quantitative estimate of drug-likeness (QED) is 0.630. The van der Waals surface area contributed by atoms with E-state index in [1.807, 2.05) is 42.5 Å². The van der Waals surface area contributed by atoms with E-state index in [-0.39, 0.29) is 0 Å². The Morgan fingerprint density at radius 2 is 1.37 bits per heavy atom. The molecule has 3 aromatic rings. The first-order valence-electron chi connectivity index (χ1n) is 6.11. The Labute approximate surface area is 117 Å². The number of hydrogen-bond donors (Lipinski definition) is 0. The third-order valence-electron chi connectivity index (χ3n) is 3.03. The molecule has 0 N–H and O–H groups in total. The van der Waals surface area contributed by atoms with E-state index >= 15 is 0 Å². The lowest BCUT2D eigenvalue weighted by atomic mass is 9.97. The van der Waals surface area contributed by atoms with Gasteiger partial charge in [-0.15, -0.1) is 0 Å². The number of nitrogens with zero attached hydrogens (tertiary/aromatic N) is 1. The first-order valence-corrected chi connectivity index (χ1v) is 6.49. The second-order valence-electron chi connectivity index (χ2n) is 4.25. The second kappa shape index (κ2) is 5.25. The van der Waals surface area contributed by atoms with Crippen LogP contribution in [-0.4, -0.2) is 4.98 Å². The van der Waals surface area contributed by atoms with Gasteiger partial charge in [0.15, 0.2) is 0 Å². The van der Waals surface area contributed by atoms with Crippen molar-refractivity contribution in [2.75, 3.05) is 0 Å². The predicted molar refractivity (Wildman–Crippen MR) is 80.1 cm³/mol. The Bertz CT molecular complexity index is 692. The zero-order chi connectivity index (χ0) is 13.1. The maximum atomic E-state index is 6.26. The maximum absolute atomic E-state index is 6.26. The van der Waals surface area contributed by atoms with Gasteiger partial charge in [0.1, 0.15) is 0 Å². The third-order valence-corrected chi connectivity index (χ3v) is 3.33. The van der Waals surface area contributed by atoms with E-state index < -0.39 is 0 Å². The van der Waals surface area contributed by atoms with E-state index in [0.29, 0.717) is 5.02 Å². The summed E-state index contributed by atoms with van der Waals surface area (Å²) in [6.45, 7) is 0. The van der Waals surface area contributed by atoms with Gasteiger partial charge in [-0.05, 0) is 23.3 Å². The Hall–Kier alpha value is -2.12. The van der Waals surface area contributed by atoms with Crippen LogP contribution in [0.2, 0.25) is 5.02 Å². The smallest absolute Gasteiger partial charge is 0.0894 e. The minimum atomic E-state index is 0.672. The van der Waals surface area contributed by atoms with Gasteiger partial charge in [-0.2, -0.15) is 0 Å². The molecular weight excluding hydrogens is 254 g/mol. The number of hydrogen-bond acceptors (Lipinski definition) is 1. The van der Waals surface area contributed by atoms with Gasteiger partial charge in [-0.25, -0.2) is 0 Å². The van der Waals surface area contributed by atoms with Gasteiger partial charge in [-0.1, -0.05) is 66.2 Å². The fraction of sp³-hybridized carbons (Fsp3) is 0. The van der Waals surface area contributed by atoms with E-state index in [1.165, 1.54) is 5.56 Å². The number of rotatable bonds is 2. The lowest BCUT2D eigenvalue weighted by Crippen LogP contribution is -1.88. The largest absolute Gasteiger partial charge is 0.255 e. The molecule has 1 heterocycles. The number of benzene rings is 2. The molecule has 0 saturated heterocycles. The molecule has 0 atom stereocenters. The van der Waals surface area contributed by atoms with Crippen molar-refractivity contribution in [2.45, 2.75) is 0 Å². The van der Waals surface area contributed by atoms with Gasteiger partial charge in [0.2, 0.25) is 0 Å². The van der Waals surface area contributed by atoms with Gasteiger partial charge in [-0.3, -0.25) is 4.98 Å². The molecule has 1 aromatic heterocycles. The van der Waals surface area contributed by atoms with Crippen LogP contribution in [0.25, 0.3) is 22.4 Å². The molecule has 0 aliphatic heterocycles. The summed E-state index contributed by atoms with van der Waals surface area (Å²) in [6, 6.07) is 22.2. The predicted octanol–water partition coefficient (Wildman–Crippen LogP) is 5.07. The van der Waals surface area contributed by atoms with E-state index in [1.54, 1.807) is 6.20 Å². The molecule has 0 amide bonds. The molecular formula is C17H12ClN. The van der Waals surface area contributed by atoms with Crippen LogP contribution >= 0.6 is 11.6 Å². The zero-order valence-corrected chi connectivity index (χ0v) is 11.0. The van der Waals surface area contributed by atoms with Crippen LogP contribution in [0.1, 0.15) is 0 Å². The van der Waals surface area contributed by atoms with Crippen molar-refractivity contribution in [3.8, 4) is 22.4 Å². The van der Waals surface area contributed by atoms with Crippen LogP contribution in [0.15, 0.2) is 72.9 Å². The molecule has 3 rings (SSSR count). The summed E-state index contributed by atoms with van der Waals surface area (Å²) in [7, 11) is 0. The first kappa shape index (κ1) is 11.9. The summed E-state index contributed by atoms with van der Waals surface area (Å²) in [5, 5.41) is 0.672. The lowest BCUT2D eigenvalue weighted by molar-refractivity contribution is 1.33. The van der Waals surface area contributed by atoms with Gasteiger partial charge in [0, 0.05) is 11.8 Å². The molecule has 1 nitrogen and oxygen atoms in total. The number of pyridine rings is 1. The van der Waals surface area contributed by atoms with Gasteiger partial charge >= 0.3 is 0 Å². The standard InChI is InChI=1S/C17H12ClN/c18-16-11-6-12-19-17(16)15-10-5-4-9-14(15)13-7-2-1-3-8-13/h1-12H. The summed E-state index contributed by atoms with van der Waals surface area (Å²) in [5.41, 5.74) is 4.19. The lowest BCUT2D eigenvalue weighted by Gasteiger charge is -2.10. The Kier molecular flexibility index (Phi) is 3.30. The van der Waals surface area contributed by atoms with E-state index in [4.69, 9.17) is 11.6 Å². The molecule has 0 radical (unpaired) electrons. The molecule has 0 spiro atoms. The molecule has 0 aliphatic carbocycles. The molecule has 0 bridgehead atoms. The second-order valence-corrected chi connectivity index (χ2v) is 4.65. The van der Waals surface area contributed by atoms with Crippen molar-refractivity contribution < 1.29 is 0 Å². The fourth-order valence-corrected chi connectivity index (χ4v) is 2.37. The highest BCUT2D eigenvalue weighted by Gasteiger charge is 2.10. The van der Waals surface area contributed by atoms with Crippen molar-refractivity contribution in [2.24, 2.45) is 0 Å². The molecule has 0 aliphatic rings. The van der Waals surface area contributed by atoms with Crippen LogP contribution in [0.5, 0.6) is 0 Å². The Morgan fingerprint density at radius 3 is 2.11 bits per heavy atom.